The summed E-state index contributed by atoms with van der Waals surface area (Å²) >= 11 is 11.7. The van der Waals surface area contributed by atoms with E-state index in [0.29, 0.717) is 12.1 Å². The summed E-state index contributed by atoms with van der Waals surface area (Å²) in [7, 11) is 0. The lowest BCUT2D eigenvalue weighted by Crippen LogP contribution is -2.55. The quantitative estimate of drug-likeness (QED) is 0.313. The molecule has 0 radical (unpaired) electrons. The molecule has 0 saturated carbocycles. The summed E-state index contributed by atoms with van der Waals surface area (Å²) in [6.07, 6.45) is 0. The van der Waals surface area contributed by atoms with E-state index in [1.165, 1.54) is 0 Å². The minimum absolute atomic E-state index is 0.377. The van der Waals surface area contributed by atoms with Crippen LogP contribution in [0.15, 0.2) is 12.1 Å². The molecule has 0 aliphatic carbocycles. The van der Waals surface area contributed by atoms with Crippen LogP contribution >= 0.6 is 22.2 Å². The Morgan fingerprint density at radius 1 is 0.652 bits per heavy atom. The van der Waals surface area contributed by atoms with Crippen LogP contribution in [-0.4, -0.2) is 6.69 Å². The van der Waals surface area contributed by atoms with Gasteiger partial charge >= 0.3 is 6.69 Å². The number of benzene rings is 2. The first kappa shape index (κ1) is 18.2. The highest BCUT2D eigenvalue weighted by Crippen LogP contribution is 2.25. The summed E-state index contributed by atoms with van der Waals surface area (Å²) in [4.78, 5) is 0. The summed E-state index contributed by atoms with van der Waals surface area (Å²) in [6, 6.07) is 1.20. The van der Waals surface area contributed by atoms with Gasteiger partial charge in [0.2, 0.25) is 0 Å². The van der Waals surface area contributed by atoms with E-state index in [1.807, 2.05) is 0 Å². The molecule has 0 saturated heterocycles. The molecule has 0 bridgehead atoms. The lowest BCUT2D eigenvalue weighted by Gasteiger charge is -2.21. The normalized spacial score (nSPS) is 11.9. The predicted octanol–water partition coefficient (Wildman–Crippen LogP) is 4.17. The maximum Gasteiger partial charge on any atom is 0.322 e. The third kappa shape index (κ3) is 2.85. The monoisotopic (exact) mass is 388 g/mol. The molecule has 0 fully saturated rings. The summed E-state index contributed by atoms with van der Waals surface area (Å²) in [5.74, 6) is -9.13. The number of hydrogen-bond donors (Lipinski definition) is 0. The molecule has 0 aliphatic heterocycles. The maximum atomic E-state index is 14.1. The average molecular weight is 389 g/mol. The number of halogens is 8. The van der Waals surface area contributed by atoms with Gasteiger partial charge < -0.3 is 0 Å². The predicted molar refractivity (Wildman–Crippen MR) is 78.8 cm³/mol. The largest absolute Gasteiger partial charge is 0.322 e. The van der Waals surface area contributed by atoms with E-state index in [9.17, 15) is 26.3 Å². The van der Waals surface area contributed by atoms with Crippen LogP contribution in [0.25, 0.3) is 0 Å². The van der Waals surface area contributed by atoms with Gasteiger partial charge in [-0.2, -0.15) is 0 Å². The molecular formula is C14H8Cl2F6Si. The van der Waals surface area contributed by atoms with E-state index >= 15 is 0 Å². The molecule has 0 aliphatic rings. The molecule has 2 aromatic rings. The maximum absolute atomic E-state index is 14.1. The van der Waals surface area contributed by atoms with Gasteiger partial charge in [-0.1, -0.05) is 0 Å². The first-order valence-electron chi connectivity index (χ1n) is 6.17. The molecular weight excluding hydrogens is 381 g/mol. The Labute approximate surface area is 138 Å². The smallest absolute Gasteiger partial charge is 0.207 e. The highest BCUT2D eigenvalue weighted by atomic mass is 35.7. The summed E-state index contributed by atoms with van der Waals surface area (Å²) < 4.78 is 83.5. The van der Waals surface area contributed by atoms with Crippen molar-refractivity contribution in [3.05, 3.63) is 58.2 Å². The summed E-state index contributed by atoms with van der Waals surface area (Å²) in [5, 5.41) is -2.38. The Kier molecular flexibility index (Phi) is 4.76. The third-order valence-electron chi connectivity index (χ3n) is 3.31. The standard InChI is InChI=1S/C14H8Cl2F6Si/c1-5-3-7(17)13(11(21)9(5)19)23(15,16)14-8(18)4-6(2)10(20)12(14)22/h3-4H,1-2H3. The number of rotatable bonds is 2. The lowest BCUT2D eigenvalue weighted by molar-refractivity contribution is 0.494. The van der Waals surface area contributed by atoms with Crippen molar-refractivity contribution in [2.75, 3.05) is 0 Å². The molecule has 0 spiro atoms. The zero-order valence-electron chi connectivity index (χ0n) is 11.7. The van der Waals surface area contributed by atoms with Gasteiger partial charge in [-0.05, 0) is 37.1 Å². The number of aryl methyl sites for hydroxylation is 2. The van der Waals surface area contributed by atoms with Gasteiger partial charge in [0, 0.05) is 10.4 Å². The fourth-order valence-electron chi connectivity index (χ4n) is 2.13. The molecule has 0 heterocycles. The molecule has 124 valence electrons. The van der Waals surface area contributed by atoms with Gasteiger partial charge in [0.25, 0.3) is 0 Å². The zero-order valence-corrected chi connectivity index (χ0v) is 14.2. The van der Waals surface area contributed by atoms with Crippen molar-refractivity contribution in [1.82, 2.24) is 0 Å². The van der Waals surface area contributed by atoms with E-state index < -0.39 is 52.0 Å². The van der Waals surface area contributed by atoms with Crippen molar-refractivity contribution in [2.24, 2.45) is 0 Å². The fraction of sp³-hybridized carbons (Fsp3) is 0.143. The van der Waals surface area contributed by atoms with Crippen LogP contribution in [0.1, 0.15) is 11.1 Å². The van der Waals surface area contributed by atoms with Crippen LogP contribution in [0.3, 0.4) is 0 Å². The van der Waals surface area contributed by atoms with Crippen molar-refractivity contribution < 1.29 is 26.3 Å². The van der Waals surface area contributed by atoms with Gasteiger partial charge in [-0.15, -0.1) is 22.2 Å². The second-order valence-corrected chi connectivity index (χ2v) is 11.1. The Morgan fingerprint density at radius 3 is 1.26 bits per heavy atom. The topological polar surface area (TPSA) is 0 Å². The third-order valence-corrected chi connectivity index (χ3v) is 7.75. The van der Waals surface area contributed by atoms with Crippen LogP contribution in [0, 0.1) is 48.8 Å². The molecule has 0 atom stereocenters. The Balaban J connectivity index is 2.85. The van der Waals surface area contributed by atoms with E-state index in [4.69, 9.17) is 22.2 Å². The van der Waals surface area contributed by atoms with Gasteiger partial charge in [0.05, 0.1) is 0 Å². The van der Waals surface area contributed by atoms with Crippen LogP contribution < -0.4 is 10.4 Å². The second-order valence-electron chi connectivity index (χ2n) is 4.93. The van der Waals surface area contributed by atoms with E-state index in [2.05, 4.69) is 0 Å². The van der Waals surface area contributed by atoms with Gasteiger partial charge in [0.15, 0.2) is 23.3 Å². The molecule has 9 heteroatoms. The minimum atomic E-state index is -4.78. The molecule has 2 rings (SSSR count). The summed E-state index contributed by atoms with van der Waals surface area (Å²) in [5.41, 5.74) is -0.754. The molecule has 0 aromatic heterocycles. The zero-order chi connectivity index (χ0) is 17.7. The van der Waals surface area contributed by atoms with Crippen molar-refractivity contribution >= 4 is 39.2 Å². The van der Waals surface area contributed by atoms with Gasteiger partial charge in [-0.25, -0.2) is 26.3 Å². The SMILES string of the molecule is Cc1cc(F)c([Si](Cl)(Cl)c2c(F)cc(C)c(F)c2F)c(F)c1F. The molecule has 0 N–H and O–H groups in total. The highest BCUT2D eigenvalue weighted by Gasteiger charge is 2.45. The lowest BCUT2D eigenvalue weighted by atomic mass is 10.2. The minimum Gasteiger partial charge on any atom is -0.207 e. The van der Waals surface area contributed by atoms with Crippen LogP contribution in [0.5, 0.6) is 0 Å². The Bertz CT molecular complexity index is 741. The van der Waals surface area contributed by atoms with E-state index in [1.54, 1.807) is 0 Å². The molecule has 0 amide bonds. The molecule has 0 nitrogen and oxygen atoms in total. The van der Waals surface area contributed by atoms with Crippen molar-refractivity contribution in [3.8, 4) is 0 Å². The van der Waals surface area contributed by atoms with E-state index in [-0.39, 0.29) is 11.1 Å². The molecule has 0 unspecified atom stereocenters. The molecule has 2 aromatic carbocycles. The number of hydrogen-bond acceptors (Lipinski definition) is 0. The molecule has 23 heavy (non-hydrogen) atoms. The van der Waals surface area contributed by atoms with Crippen LogP contribution in [0.2, 0.25) is 0 Å². The van der Waals surface area contributed by atoms with Crippen molar-refractivity contribution in [3.63, 3.8) is 0 Å². The van der Waals surface area contributed by atoms with E-state index in [0.717, 1.165) is 13.8 Å². The Hall–Kier alpha value is -1.18. The van der Waals surface area contributed by atoms with Crippen molar-refractivity contribution in [2.45, 2.75) is 13.8 Å². The van der Waals surface area contributed by atoms with Crippen LogP contribution in [0.4, 0.5) is 26.3 Å². The fourth-order valence-corrected chi connectivity index (χ4v) is 5.97. The first-order valence-corrected chi connectivity index (χ1v) is 10.2. The van der Waals surface area contributed by atoms with Gasteiger partial charge in [-0.3, -0.25) is 0 Å². The first-order chi connectivity index (χ1) is 10.5. The Morgan fingerprint density at radius 2 is 0.957 bits per heavy atom. The average Bonchev–Trinajstić information content (AvgIpc) is 2.41. The van der Waals surface area contributed by atoms with Gasteiger partial charge in [0.1, 0.15) is 11.6 Å². The van der Waals surface area contributed by atoms with Crippen LogP contribution in [-0.2, 0) is 0 Å². The highest BCUT2D eigenvalue weighted by molar-refractivity contribution is 7.56. The summed E-state index contributed by atoms with van der Waals surface area (Å²) in [6.45, 7) is -2.60. The van der Waals surface area contributed by atoms with Crippen molar-refractivity contribution in [1.29, 1.82) is 0 Å². The second kappa shape index (κ2) is 6.03.